The smallest absolute Gasteiger partial charge is 0.331 e. The molecule has 1 aromatic carbocycles. The molecule has 0 unspecified atom stereocenters. The summed E-state index contributed by atoms with van der Waals surface area (Å²) in [5, 5.41) is 21.0. The van der Waals surface area contributed by atoms with Crippen LogP contribution in [-0.4, -0.2) is 38.3 Å². The molecule has 0 aliphatic heterocycles. The van der Waals surface area contributed by atoms with Gasteiger partial charge < -0.3 is 15.2 Å². The van der Waals surface area contributed by atoms with E-state index in [0.717, 1.165) is 0 Å². The molecular formula is C15H12N6O5. The lowest BCUT2D eigenvalue weighted by Crippen LogP contribution is -2.12. The number of H-pyrrole nitrogens is 1. The van der Waals surface area contributed by atoms with Crippen molar-refractivity contribution in [1.82, 2.24) is 20.4 Å². The first-order valence-corrected chi connectivity index (χ1v) is 7.17. The number of carbonyl (C=O) groups is 1. The molecule has 0 bridgehead atoms. The SMILES string of the molecule is COc1cc(-c2n[nH]nc2C(N)=O)ccc1Oc1ncccc1[N+](=O)[O-]. The highest BCUT2D eigenvalue weighted by Crippen LogP contribution is 2.37. The number of hydrogen-bond acceptors (Lipinski definition) is 8. The van der Waals surface area contributed by atoms with E-state index in [1.54, 1.807) is 6.07 Å². The summed E-state index contributed by atoms with van der Waals surface area (Å²) in [6.07, 6.45) is 1.37. The number of nitrogens with zero attached hydrogens (tertiary/aromatic N) is 4. The van der Waals surface area contributed by atoms with Gasteiger partial charge in [-0.15, -0.1) is 0 Å². The summed E-state index contributed by atoms with van der Waals surface area (Å²) in [4.78, 5) is 25.7. The van der Waals surface area contributed by atoms with Gasteiger partial charge in [-0.2, -0.15) is 15.4 Å². The zero-order valence-electron chi connectivity index (χ0n) is 13.4. The van der Waals surface area contributed by atoms with Crippen LogP contribution in [0, 0.1) is 10.1 Å². The molecule has 2 heterocycles. The van der Waals surface area contributed by atoms with Crippen LogP contribution in [0.3, 0.4) is 0 Å². The Balaban J connectivity index is 1.99. The maximum Gasteiger partial charge on any atom is 0.331 e. The minimum Gasteiger partial charge on any atom is -0.493 e. The van der Waals surface area contributed by atoms with Gasteiger partial charge in [0.15, 0.2) is 17.2 Å². The number of pyridine rings is 1. The van der Waals surface area contributed by atoms with Gasteiger partial charge in [0.2, 0.25) is 0 Å². The van der Waals surface area contributed by atoms with Gasteiger partial charge in [-0.05, 0) is 24.3 Å². The summed E-state index contributed by atoms with van der Waals surface area (Å²) in [5.74, 6) is -0.469. The van der Waals surface area contributed by atoms with E-state index in [-0.39, 0.29) is 34.5 Å². The summed E-state index contributed by atoms with van der Waals surface area (Å²) in [6.45, 7) is 0. The quantitative estimate of drug-likeness (QED) is 0.498. The fourth-order valence-corrected chi connectivity index (χ4v) is 2.21. The van der Waals surface area contributed by atoms with Crippen molar-refractivity contribution in [3.8, 4) is 28.6 Å². The first kappa shape index (κ1) is 16.8. The summed E-state index contributed by atoms with van der Waals surface area (Å²) in [7, 11) is 1.40. The highest BCUT2D eigenvalue weighted by atomic mass is 16.6. The van der Waals surface area contributed by atoms with Crippen LogP contribution in [0.1, 0.15) is 10.5 Å². The molecule has 0 radical (unpaired) electrons. The average Bonchev–Trinajstić information content (AvgIpc) is 3.12. The molecule has 3 N–H and O–H groups in total. The maximum atomic E-state index is 11.4. The van der Waals surface area contributed by atoms with E-state index in [1.165, 1.54) is 37.6 Å². The molecule has 0 aliphatic rings. The molecular weight excluding hydrogens is 344 g/mol. The van der Waals surface area contributed by atoms with Crippen molar-refractivity contribution in [2.45, 2.75) is 0 Å². The van der Waals surface area contributed by atoms with Crippen LogP contribution >= 0.6 is 0 Å². The van der Waals surface area contributed by atoms with E-state index < -0.39 is 10.8 Å². The number of hydrogen-bond donors (Lipinski definition) is 2. The molecule has 0 saturated carbocycles. The molecule has 3 rings (SSSR count). The predicted octanol–water partition coefficient (Wildman–Crippen LogP) is 1.67. The number of amides is 1. The molecule has 0 atom stereocenters. The number of methoxy groups -OCH3 is 1. The number of aromatic amines is 1. The van der Waals surface area contributed by atoms with Gasteiger partial charge in [-0.25, -0.2) is 4.98 Å². The molecule has 3 aromatic rings. The van der Waals surface area contributed by atoms with Crippen molar-refractivity contribution in [3.63, 3.8) is 0 Å². The van der Waals surface area contributed by atoms with E-state index in [0.29, 0.717) is 5.56 Å². The topological polar surface area (TPSA) is 159 Å². The van der Waals surface area contributed by atoms with Crippen LogP contribution in [0.5, 0.6) is 17.4 Å². The fourth-order valence-electron chi connectivity index (χ4n) is 2.21. The zero-order valence-corrected chi connectivity index (χ0v) is 13.4. The zero-order chi connectivity index (χ0) is 18.7. The molecule has 1 amide bonds. The third-order valence-corrected chi connectivity index (χ3v) is 3.37. The fraction of sp³-hybridized carbons (Fsp3) is 0.0667. The second-order valence-corrected chi connectivity index (χ2v) is 4.94. The van der Waals surface area contributed by atoms with E-state index in [2.05, 4.69) is 20.4 Å². The Hall–Kier alpha value is -4.02. The Bertz CT molecular complexity index is 986. The second-order valence-electron chi connectivity index (χ2n) is 4.94. The van der Waals surface area contributed by atoms with Gasteiger partial charge >= 0.3 is 5.69 Å². The lowest BCUT2D eigenvalue weighted by molar-refractivity contribution is -0.386. The lowest BCUT2D eigenvalue weighted by Gasteiger charge is -2.11. The molecule has 132 valence electrons. The highest BCUT2D eigenvalue weighted by molar-refractivity contribution is 5.96. The largest absolute Gasteiger partial charge is 0.493 e. The van der Waals surface area contributed by atoms with Gasteiger partial charge in [0, 0.05) is 17.8 Å². The van der Waals surface area contributed by atoms with Crippen LogP contribution in [0.4, 0.5) is 5.69 Å². The summed E-state index contributed by atoms with van der Waals surface area (Å²) < 4.78 is 10.8. The Morgan fingerprint density at radius 1 is 1.27 bits per heavy atom. The monoisotopic (exact) mass is 356 g/mol. The number of rotatable bonds is 6. The molecule has 0 aliphatic carbocycles. The Kier molecular flexibility index (Phi) is 4.43. The minimum absolute atomic E-state index is 0.0268. The number of primary amides is 1. The highest BCUT2D eigenvalue weighted by Gasteiger charge is 2.20. The van der Waals surface area contributed by atoms with Crippen molar-refractivity contribution >= 4 is 11.6 Å². The van der Waals surface area contributed by atoms with Gasteiger partial charge in [0.25, 0.3) is 11.8 Å². The number of carbonyl (C=O) groups excluding carboxylic acids is 1. The third-order valence-electron chi connectivity index (χ3n) is 3.37. The Morgan fingerprint density at radius 2 is 2.08 bits per heavy atom. The Labute approximate surface area is 145 Å². The number of benzene rings is 1. The standard InChI is InChI=1S/C15H12N6O5/c1-25-11-7-8(12-13(14(16)22)19-20-18-12)4-5-10(11)26-15-9(21(23)24)3-2-6-17-15/h2-7H,1H3,(H2,16,22)(H,18,19,20). The van der Waals surface area contributed by atoms with Gasteiger partial charge in [0.05, 0.1) is 12.0 Å². The van der Waals surface area contributed by atoms with Crippen molar-refractivity contribution in [2.24, 2.45) is 5.73 Å². The molecule has 0 fully saturated rings. The van der Waals surface area contributed by atoms with Crippen molar-refractivity contribution in [2.75, 3.05) is 7.11 Å². The van der Waals surface area contributed by atoms with Crippen LogP contribution in [0.15, 0.2) is 36.5 Å². The normalized spacial score (nSPS) is 10.3. The molecule has 11 heteroatoms. The second kappa shape index (κ2) is 6.84. The number of nitrogens with one attached hydrogen (secondary N) is 1. The van der Waals surface area contributed by atoms with E-state index in [1.807, 2.05) is 0 Å². The van der Waals surface area contributed by atoms with Gasteiger partial charge in [0.1, 0.15) is 5.69 Å². The predicted molar refractivity (Wildman–Crippen MR) is 87.9 cm³/mol. The number of nitrogens with two attached hydrogens (primary N) is 1. The van der Waals surface area contributed by atoms with Crippen molar-refractivity contribution < 1.29 is 19.2 Å². The molecule has 2 aromatic heterocycles. The summed E-state index contributed by atoms with van der Waals surface area (Å²) in [5.41, 5.74) is 5.68. The average molecular weight is 356 g/mol. The number of ether oxygens (including phenoxy) is 2. The van der Waals surface area contributed by atoms with E-state index in [9.17, 15) is 14.9 Å². The van der Waals surface area contributed by atoms with Crippen molar-refractivity contribution in [3.05, 3.63) is 52.3 Å². The maximum absolute atomic E-state index is 11.4. The lowest BCUT2D eigenvalue weighted by atomic mass is 10.1. The van der Waals surface area contributed by atoms with Crippen LogP contribution in [0.25, 0.3) is 11.3 Å². The minimum atomic E-state index is -0.739. The van der Waals surface area contributed by atoms with E-state index >= 15 is 0 Å². The first-order chi connectivity index (χ1) is 12.5. The Morgan fingerprint density at radius 3 is 2.77 bits per heavy atom. The van der Waals surface area contributed by atoms with Crippen molar-refractivity contribution in [1.29, 1.82) is 0 Å². The number of aromatic nitrogens is 4. The first-order valence-electron chi connectivity index (χ1n) is 7.17. The summed E-state index contributed by atoms with van der Waals surface area (Å²) in [6, 6.07) is 7.33. The van der Waals surface area contributed by atoms with Crippen LogP contribution in [0.2, 0.25) is 0 Å². The van der Waals surface area contributed by atoms with Crippen LogP contribution in [-0.2, 0) is 0 Å². The van der Waals surface area contributed by atoms with Gasteiger partial charge in [-0.1, -0.05) is 0 Å². The van der Waals surface area contributed by atoms with Crippen LogP contribution < -0.4 is 15.2 Å². The number of nitro groups is 1. The molecule has 11 nitrogen and oxygen atoms in total. The van der Waals surface area contributed by atoms with Gasteiger partial charge in [-0.3, -0.25) is 14.9 Å². The third kappa shape index (κ3) is 3.13. The molecule has 0 spiro atoms. The molecule has 0 saturated heterocycles. The van der Waals surface area contributed by atoms with E-state index in [4.69, 9.17) is 15.2 Å². The summed E-state index contributed by atoms with van der Waals surface area (Å²) >= 11 is 0. The molecule has 26 heavy (non-hydrogen) atoms.